The minimum atomic E-state index is -4.53. The molecular formula is C17H12F3N5O. The van der Waals surface area contributed by atoms with Crippen molar-refractivity contribution in [2.45, 2.75) is 12.7 Å². The molecule has 0 aliphatic carbocycles. The lowest BCUT2D eigenvalue weighted by molar-refractivity contribution is -0.140. The fourth-order valence-electron chi connectivity index (χ4n) is 2.72. The topological polar surface area (TPSA) is 75.6 Å². The van der Waals surface area contributed by atoms with E-state index in [0.29, 0.717) is 15.6 Å². The van der Waals surface area contributed by atoms with Gasteiger partial charge in [0, 0.05) is 40.4 Å². The molecule has 9 heteroatoms. The number of fused-ring (bicyclic) bond motifs is 2. The number of anilines is 2. The SMILES string of the molecule is O=c1ccc2cnc(Nc3ccc4[nH]ccc4c3)nc2n1CC(F)(F)F. The molecule has 0 saturated heterocycles. The maximum Gasteiger partial charge on any atom is 0.406 e. The van der Waals surface area contributed by atoms with Gasteiger partial charge >= 0.3 is 6.18 Å². The Morgan fingerprint density at radius 2 is 1.96 bits per heavy atom. The minimum absolute atomic E-state index is 0.0740. The molecule has 0 aliphatic rings. The average Bonchev–Trinajstić information content (AvgIpc) is 3.04. The first-order valence-electron chi connectivity index (χ1n) is 7.67. The van der Waals surface area contributed by atoms with Gasteiger partial charge in [0.1, 0.15) is 12.2 Å². The Kier molecular flexibility index (Phi) is 3.64. The van der Waals surface area contributed by atoms with E-state index in [1.165, 1.54) is 12.3 Å². The van der Waals surface area contributed by atoms with Crippen LogP contribution in [0.4, 0.5) is 24.8 Å². The average molecular weight is 359 g/mol. The molecule has 4 rings (SSSR count). The summed E-state index contributed by atoms with van der Waals surface area (Å²) in [4.78, 5) is 23.2. The van der Waals surface area contributed by atoms with Gasteiger partial charge in [0.25, 0.3) is 5.56 Å². The number of nitrogens with zero attached hydrogens (tertiary/aromatic N) is 3. The third kappa shape index (κ3) is 3.10. The van der Waals surface area contributed by atoms with E-state index in [2.05, 4.69) is 20.3 Å². The van der Waals surface area contributed by atoms with Crippen LogP contribution >= 0.6 is 0 Å². The predicted molar refractivity (Wildman–Crippen MR) is 91.4 cm³/mol. The smallest absolute Gasteiger partial charge is 0.361 e. The van der Waals surface area contributed by atoms with E-state index in [0.717, 1.165) is 17.0 Å². The summed E-state index contributed by atoms with van der Waals surface area (Å²) in [5.74, 6) is 0.105. The fourth-order valence-corrected chi connectivity index (χ4v) is 2.72. The van der Waals surface area contributed by atoms with Gasteiger partial charge in [0.2, 0.25) is 5.95 Å². The molecule has 6 nitrogen and oxygen atoms in total. The molecule has 26 heavy (non-hydrogen) atoms. The van der Waals surface area contributed by atoms with Crippen molar-refractivity contribution in [2.24, 2.45) is 0 Å². The van der Waals surface area contributed by atoms with Crippen LogP contribution in [0.3, 0.4) is 0 Å². The number of nitrogens with one attached hydrogen (secondary N) is 2. The summed E-state index contributed by atoms with van der Waals surface area (Å²) in [6.45, 7) is -1.41. The highest BCUT2D eigenvalue weighted by Gasteiger charge is 2.29. The first kappa shape index (κ1) is 16.1. The van der Waals surface area contributed by atoms with Crippen molar-refractivity contribution in [3.05, 3.63) is 59.1 Å². The summed E-state index contributed by atoms with van der Waals surface area (Å²) in [7, 11) is 0. The summed E-state index contributed by atoms with van der Waals surface area (Å²) in [6, 6.07) is 9.87. The molecule has 4 aromatic rings. The lowest BCUT2D eigenvalue weighted by Gasteiger charge is -2.12. The molecule has 0 aliphatic heterocycles. The Hall–Kier alpha value is -3.36. The number of aromatic amines is 1. The molecule has 2 N–H and O–H groups in total. The van der Waals surface area contributed by atoms with Crippen LogP contribution < -0.4 is 10.9 Å². The van der Waals surface area contributed by atoms with Crippen molar-refractivity contribution < 1.29 is 13.2 Å². The summed E-state index contributed by atoms with van der Waals surface area (Å²) in [5.41, 5.74) is 0.786. The highest BCUT2D eigenvalue weighted by molar-refractivity contribution is 5.84. The Labute approximate surface area is 144 Å². The lowest BCUT2D eigenvalue weighted by atomic mass is 10.2. The molecule has 0 fully saturated rings. The van der Waals surface area contributed by atoms with Gasteiger partial charge in [-0.3, -0.25) is 9.36 Å². The largest absolute Gasteiger partial charge is 0.406 e. The molecule has 0 atom stereocenters. The monoisotopic (exact) mass is 359 g/mol. The number of aromatic nitrogens is 4. The first-order valence-corrected chi connectivity index (χ1v) is 7.67. The van der Waals surface area contributed by atoms with Crippen LogP contribution in [-0.2, 0) is 6.54 Å². The number of pyridine rings is 1. The van der Waals surface area contributed by atoms with E-state index < -0.39 is 18.3 Å². The molecule has 3 aromatic heterocycles. The number of hydrogen-bond donors (Lipinski definition) is 2. The van der Waals surface area contributed by atoms with E-state index in [1.54, 1.807) is 12.3 Å². The normalized spacial score (nSPS) is 12.0. The summed E-state index contributed by atoms with van der Waals surface area (Å²) >= 11 is 0. The van der Waals surface area contributed by atoms with Gasteiger partial charge in [-0.15, -0.1) is 0 Å². The number of H-pyrrole nitrogens is 1. The third-order valence-electron chi connectivity index (χ3n) is 3.87. The van der Waals surface area contributed by atoms with Crippen LogP contribution in [0.1, 0.15) is 0 Å². The predicted octanol–water partition coefficient (Wildman–Crippen LogP) is 3.58. The number of rotatable bonds is 3. The number of benzene rings is 1. The summed E-state index contributed by atoms with van der Waals surface area (Å²) in [5, 5.41) is 4.27. The van der Waals surface area contributed by atoms with Crippen molar-refractivity contribution in [1.29, 1.82) is 0 Å². The van der Waals surface area contributed by atoms with Gasteiger partial charge in [-0.25, -0.2) is 4.98 Å². The van der Waals surface area contributed by atoms with Gasteiger partial charge in [-0.1, -0.05) is 0 Å². The first-order chi connectivity index (χ1) is 12.4. The Balaban J connectivity index is 1.76. The van der Waals surface area contributed by atoms with E-state index >= 15 is 0 Å². The molecule has 0 radical (unpaired) electrons. The maximum absolute atomic E-state index is 12.8. The summed E-state index contributed by atoms with van der Waals surface area (Å²) < 4.78 is 39.0. The highest BCUT2D eigenvalue weighted by atomic mass is 19.4. The lowest BCUT2D eigenvalue weighted by Crippen LogP contribution is -2.28. The molecule has 0 unspecified atom stereocenters. The van der Waals surface area contributed by atoms with Crippen LogP contribution in [0, 0.1) is 0 Å². The zero-order valence-electron chi connectivity index (χ0n) is 13.2. The van der Waals surface area contributed by atoms with E-state index in [4.69, 9.17) is 0 Å². The Morgan fingerprint density at radius 1 is 1.12 bits per heavy atom. The number of halogens is 3. The quantitative estimate of drug-likeness (QED) is 0.586. The Morgan fingerprint density at radius 3 is 2.77 bits per heavy atom. The van der Waals surface area contributed by atoms with Gasteiger partial charge in [0.15, 0.2) is 0 Å². The summed E-state index contributed by atoms with van der Waals surface area (Å²) in [6.07, 6.45) is -1.35. The third-order valence-corrected chi connectivity index (χ3v) is 3.87. The molecule has 132 valence electrons. The van der Waals surface area contributed by atoms with Crippen molar-refractivity contribution >= 4 is 33.6 Å². The van der Waals surface area contributed by atoms with E-state index in [-0.39, 0.29) is 11.6 Å². The van der Waals surface area contributed by atoms with Crippen LogP contribution in [0.15, 0.2) is 53.6 Å². The number of hydrogen-bond acceptors (Lipinski definition) is 4. The molecule has 0 amide bonds. The van der Waals surface area contributed by atoms with Crippen LogP contribution in [0.25, 0.3) is 21.9 Å². The van der Waals surface area contributed by atoms with Crippen LogP contribution in [-0.4, -0.2) is 25.7 Å². The second-order valence-corrected chi connectivity index (χ2v) is 5.75. The van der Waals surface area contributed by atoms with Crippen LogP contribution in [0.2, 0.25) is 0 Å². The fraction of sp³-hybridized carbons (Fsp3) is 0.118. The maximum atomic E-state index is 12.8. The molecule has 0 spiro atoms. The van der Waals surface area contributed by atoms with Crippen molar-refractivity contribution in [3.63, 3.8) is 0 Å². The molecule has 0 bridgehead atoms. The van der Waals surface area contributed by atoms with Crippen LogP contribution in [0.5, 0.6) is 0 Å². The highest BCUT2D eigenvalue weighted by Crippen LogP contribution is 2.22. The zero-order chi connectivity index (χ0) is 18.3. The van der Waals surface area contributed by atoms with Crippen molar-refractivity contribution in [3.8, 4) is 0 Å². The zero-order valence-corrected chi connectivity index (χ0v) is 13.2. The minimum Gasteiger partial charge on any atom is -0.361 e. The Bertz CT molecular complexity index is 1160. The van der Waals surface area contributed by atoms with Gasteiger partial charge in [-0.2, -0.15) is 18.2 Å². The molecule has 0 saturated carbocycles. The standard InChI is InChI=1S/C17H12F3N5O/c18-17(19,20)9-25-14(26)4-1-11-8-22-16(24-15(11)25)23-12-2-3-13-10(7-12)5-6-21-13/h1-8,21H,9H2,(H,22,23,24). The van der Waals surface area contributed by atoms with E-state index in [9.17, 15) is 18.0 Å². The van der Waals surface area contributed by atoms with E-state index in [1.807, 2.05) is 18.2 Å². The van der Waals surface area contributed by atoms with Gasteiger partial charge in [0.05, 0.1) is 0 Å². The molecular weight excluding hydrogens is 347 g/mol. The molecule has 1 aromatic carbocycles. The molecule has 3 heterocycles. The second-order valence-electron chi connectivity index (χ2n) is 5.75. The van der Waals surface area contributed by atoms with Crippen molar-refractivity contribution in [1.82, 2.24) is 19.5 Å². The van der Waals surface area contributed by atoms with Crippen molar-refractivity contribution in [2.75, 3.05) is 5.32 Å². The second kappa shape index (κ2) is 5.87. The number of alkyl halides is 3. The van der Waals surface area contributed by atoms with Gasteiger partial charge < -0.3 is 10.3 Å². The van der Waals surface area contributed by atoms with Gasteiger partial charge in [-0.05, 0) is 30.3 Å².